The first kappa shape index (κ1) is 11.6. The predicted molar refractivity (Wildman–Crippen MR) is 73.9 cm³/mol. The Bertz CT molecular complexity index is 712. The average molecular weight is 251 g/mol. The SMILES string of the molecule is NCc1cncc(Oc2ccc3cccnc3c2)c1. The van der Waals surface area contributed by atoms with E-state index in [1.807, 2.05) is 36.4 Å². The Morgan fingerprint density at radius 2 is 2.00 bits per heavy atom. The lowest BCUT2D eigenvalue weighted by Gasteiger charge is -2.07. The molecule has 2 aromatic heterocycles. The minimum Gasteiger partial charge on any atom is -0.456 e. The smallest absolute Gasteiger partial charge is 0.146 e. The highest BCUT2D eigenvalue weighted by molar-refractivity contribution is 5.79. The first-order chi connectivity index (χ1) is 9.35. The summed E-state index contributed by atoms with van der Waals surface area (Å²) in [6, 6.07) is 11.6. The van der Waals surface area contributed by atoms with Gasteiger partial charge in [0, 0.05) is 30.4 Å². The number of aromatic nitrogens is 2. The molecule has 1 aromatic carbocycles. The van der Waals surface area contributed by atoms with E-state index in [0.29, 0.717) is 12.3 Å². The molecule has 3 rings (SSSR count). The van der Waals surface area contributed by atoms with Crippen LogP contribution in [-0.4, -0.2) is 9.97 Å². The fraction of sp³-hybridized carbons (Fsp3) is 0.0667. The molecule has 0 saturated carbocycles. The number of nitrogens with zero attached hydrogens (tertiary/aromatic N) is 2. The van der Waals surface area contributed by atoms with E-state index in [4.69, 9.17) is 10.5 Å². The molecule has 0 radical (unpaired) electrons. The molecule has 3 aromatic rings. The van der Waals surface area contributed by atoms with Gasteiger partial charge in [-0.05, 0) is 29.8 Å². The molecule has 0 unspecified atom stereocenters. The Balaban J connectivity index is 1.92. The summed E-state index contributed by atoms with van der Waals surface area (Å²) in [7, 11) is 0. The molecule has 4 heteroatoms. The minimum atomic E-state index is 0.448. The number of hydrogen-bond donors (Lipinski definition) is 1. The van der Waals surface area contributed by atoms with E-state index < -0.39 is 0 Å². The van der Waals surface area contributed by atoms with Crippen molar-refractivity contribution in [2.45, 2.75) is 6.54 Å². The van der Waals surface area contributed by atoms with Crippen LogP contribution in [0.1, 0.15) is 5.56 Å². The number of hydrogen-bond acceptors (Lipinski definition) is 4. The molecule has 0 amide bonds. The van der Waals surface area contributed by atoms with Crippen LogP contribution in [0.3, 0.4) is 0 Å². The van der Waals surface area contributed by atoms with Gasteiger partial charge in [0.2, 0.25) is 0 Å². The number of rotatable bonds is 3. The average Bonchev–Trinajstić information content (AvgIpc) is 2.47. The van der Waals surface area contributed by atoms with Gasteiger partial charge in [-0.25, -0.2) is 0 Å². The number of ether oxygens (including phenoxy) is 1. The van der Waals surface area contributed by atoms with Gasteiger partial charge in [0.15, 0.2) is 0 Å². The van der Waals surface area contributed by atoms with E-state index >= 15 is 0 Å². The van der Waals surface area contributed by atoms with Gasteiger partial charge in [-0.15, -0.1) is 0 Å². The summed E-state index contributed by atoms with van der Waals surface area (Å²) in [6.07, 6.45) is 5.17. The number of fused-ring (bicyclic) bond motifs is 1. The Kier molecular flexibility index (Phi) is 3.08. The molecule has 0 aliphatic heterocycles. The van der Waals surface area contributed by atoms with Crippen LogP contribution in [0.2, 0.25) is 0 Å². The maximum Gasteiger partial charge on any atom is 0.146 e. The van der Waals surface area contributed by atoms with Gasteiger partial charge >= 0.3 is 0 Å². The summed E-state index contributed by atoms with van der Waals surface area (Å²) in [6.45, 7) is 0.448. The van der Waals surface area contributed by atoms with E-state index in [1.54, 1.807) is 18.6 Å². The molecule has 0 atom stereocenters. The van der Waals surface area contributed by atoms with E-state index in [2.05, 4.69) is 9.97 Å². The molecule has 94 valence electrons. The first-order valence-corrected chi connectivity index (χ1v) is 6.02. The highest BCUT2D eigenvalue weighted by Crippen LogP contribution is 2.24. The summed E-state index contributed by atoms with van der Waals surface area (Å²) >= 11 is 0. The van der Waals surface area contributed by atoms with Gasteiger partial charge in [0.05, 0.1) is 11.7 Å². The lowest BCUT2D eigenvalue weighted by Crippen LogP contribution is -1.97. The second-order valence-corrected chi connectivity index (χ2v) is 4.19. The van der Waals surface area contributed by atoms with Crippen LogP contribution in [0, 0.1) is 0 Å². The quantitative estimate of drug-likeness (QED) is 0.777. The molecule has 0 aliphatic carbocycles. The highest BCUT2D eigenvalue weighted by atomic mass is 16.5. The maximum absolute atomic E-state index is 5.77. The number of nitrogens with two attached hydrogens (primary N) is 1. The minimum absolute atomic E-state index is 0.448. The van der Waals surface area contributed by atoms with Crippen molar-refractivity contribution in [3.8, 4) is 11.5 Å². The van der Waals surface area contributed by atoms with Crippen LogP contribution in [-0.2, 0) is 6.54 Å². The van der Waals surface area contributed by atoms with Gasteiger partial charge < -0.3 is 10.5 Å². The van der Waals surface area contributed by atoms with Crippen LogP contribution in [0.25, 0.3) is 10.9 Å². The van der Waals surface area contributed by atoms with Crippen molar-refractivity contribution < 1.29 is 4.74 Å². The zero-order valence-electron chi connectivity index (χ0n) is 10.3. The first-order valence-electron chi connectivity index (χ1n) is 6.02. The van der Waals surface area contributed by atoms with Crippen molar-refractivity contribution in [3.05, 3.63) is 60.6 Å². The Morgan fingerprint density at radius 1 is 1.05 bits per heavy atom. The van der Waals surface area contributed by atoms with Crippen molar-refractivity contribution >= 4 is 10.9 Å². The van der Waals surface area contributed by atoms with Crippen LogP contribution in [0.15, 0.2) is 55.0 Å². The number of pyridine rings is 2. The van der Waals surface area contributed by atoms with E-state index in [9.17, 15) is 0 Å². The molecule has 0 bridgehead atoms. The summed E-state index contributed by atoms with van der Waals surface area (Å²) in [5, 5.41) is 1.09. The normalized spacial score (nSPS) is 10.6. The molecular weight excluding hydrogens is 238 g/mol. The molecule has 2 N–H and O–H groups in total. The molecule has 4 nitrogen and oxygen atoms in total. The fourth-order valence-corrected chi connectivity index (χ4v) is 1.88. The second-order valence-electron chi connectivity index (χ2n) is 4.19. The van der Waals surface area contributed by atoms with Gasteiger partial charge in [-0.2, -0.15) is 0 Å². The highest BCUT2D eigenvalue weighted by Gasteiger charge is 2.01. The van der Waals surface area contributed by atoms with Crippen molar-refractivity contribution in [2.24, 2.45) is 5.73 Å². The third kappa shape index (κ3) is 2.53. The van der Waals surface area contributed by atoms with Crippen LogP contribution in [0.5, 0.6) is 11.5 Å². The Hall–Kier alpha value is -2.46. The summed E-state index contributed by atoms with van der Waals surface area (Å²) < 4.78 is 5.77. The second kappa shape index (κ2) is 5.04. The zero-order valence-corrected chi connectivity index (χ0v) is 10.3. The van der Waals surface area contributed by atoms with Gasteiger partial charge in [-0.1, -0.05) is 6.07 Å². The van der Waals surface area contributed by atoms with Gasteiger partial charge in [0.1, 0.15) is 11.5 Å². The largest absolute Gasteiger partial charge is 0.456 e. The van der Waals surface area contributed by atoms with E-state index in [1.165, 1.54) is 0 Å². The lowest BCUT2D eigenvalue weighted by molar-refractivity contribution is 0.480. The predicted octanol–water partition coefficient (Wildman–Crippen LogP) is 2.88. The van der Waals surface area contributed by atoms with Crippen LogP contribution < -0.4 is 10.5 Å². The maximum atomic E-state index is 5.77. The standard InChI is InChI=1S/C15H13N3O/c16-8-11-6-14(10-17-9-11)19-13-4-3-12-2-1-5-18-15(12)7-13/h1-7,9-10H,8,16H2. The number of benzene rings is 1. The third-order valence-electron chi connectivity index (χ3n) is 2.82. The van der Waals surface area contributed by atoms with E-state index in [-0.39, 0.29) is 0 Å². The van der Waals surface area contributed by atoms with Gasteiger partial charge in [-0.3, -0.25) is 9.97 Å². The molecule has 2 heterocycles. The monoisotopic (exact) mass is 251 g/mol. The van der Waals surface area contributed by atoms with Gasteiger partial charge in [0.25, 0.3) is 0 Å². The Labute approximate surface area is 110 Å². The van der Waals surface area contributed by atoms with Crippen molar-refractivity contribution in [2.75, 3.05) is 0 Å². The molecule has 0 spiro atoms. The summed E-state index contributed by atoms with van der Waals surface area (Å²) in [4.78, 5) is 8.39. The van der Waals surface area contributed by atoms with Crippen molar-refractivity contribution in [1.29, 1.82) is 0 Å². The molecule has 0 fully saturated rings. The van der Waals surface area contributed by atoms with E-state index in [0.717, 1.165) is 22.2 Å². The summed E-state index contributed by atoms with van der Waals surface area (Å²) in [5.41, 5.74) is 7.43. The van der Waals surface area contributed by atoms with Crippen LogP contribution in [0.4, 0.5) is 0 Å². The fourth-order valence-electron chi connectivity index (χ4n) is 1.88. The summed E-state index contributed by atoms with van der Waals surface area (Å²) in [5.74, 6) is 1.42. The molecule has 0 aliphatic rings. The van der Waals surface area contributed by atoms with Crippen molar-refractivity contribution in [3.63, 3.8) is 0 Å². The Morgan fingerprint density at radius 3 is 2.89 bits per heavy atom. The molecule has 0 saturated heterocycles. The van der Waals surface area contributed by atoms with Crippen molar-refractivity contribution in [1.82, 2.24) is 9.97 Å². The topological polar surface area (TPSA) is 61.0 Å². The molecule has 19 heavy (non-hydrogen) atoms. The molecular formula is C15H13N3O. The third-order valence-corrected chi connectivity index (χ3v) is 2.82. The lowest BCUT2D eigenvalue weighted by atomic mass is 10.2. The zero-order chi connectivity index (χ0) is 13.1. The van der Waals surface area contributed by atoms with Crippen LogP contribution >= 0.6 is 0 Å².